The lowest BCUT2D eigenvalue weighted by Gasteiger charge is -2.02. The van der Waals surface area contributed by atoms with Crippen molar-refractivity contribution < 1.29 is 4.42 Å². The molecule has 1 aliphatic heterocycles. The second kappa shape index (κ2) is 4.63. The van der Waals surface area contributed by atoms with Crippen LogP contribution in [0.15, 0.2) is 64.8 Å². The van der Waals surface area contributed by atoms with Gasteiger partial charge in [0.1, 0.15) is 10.7 Å². The Balaban J connectivity index is 1.95. The fourth-order valence-corrected chi connectivity index (χ4v) is 2.09. The summed E-state index contributed by atoms with van der Waals surface area (Å²) >= 11 is 5.32. The zero-order valence-corrected chi connectivity index (χ0v) is 10.4. The van der Waals surface area contributed by atoms with Gasteiger partial charge in [-0.2, -0.15) is 0 Å². The predicted octanol–water partition coefficient (Wildman–Crippen LogP) is 3.63. The lowest BCUT2D eigenvalue weighted by Crippen LogP contribution is -2.13. The van der Waals surface area contributed by atoms with Crippen LogP contribution < -0.4 is 5.32 Å². The molecule has 3 heteroatoms. The number of furan rings is 1. The summed E-state index contributed by atoms with van der Waals surface area (Å²) in [5.41, 5.74) is 3.12. The molecule has 1 aliphatic rings. The number of hydrogen-bond acceptors (Lipinski definition) is 2. The van der Waals surface area contributed by atoms with E-state index in [9.17, 15) is 0 Å². The van der Waals surface area contributed by atoms with Crippen molar-refractivity contribution in [2.24, 2.45) is 0 Å². The molecule has 0 spiro atoms. The standard InChI is InChI=1S/C15H11NOS/c18-15-12(9-13-7-4-8-17-13)10-14(16-15)11-5-2-1-3-6-11/h1-10H,(H,16,18)/b12-9+. The zero-order chi connectivity index (χ0) is 12.4. The van der Waals surface area contributed by atoms with Crippen molar-refractivity contribution in [2.45, 2.75) is 0 Å². The van der Waals surface area contributed by atoms with E-state index in [0.29, 0.717) is 0 Å². The smallest absolute Gasteiger partial charge is 0.127 e. The van der Waals surface area contributed by atoms with Gasteiger partial charge in [-0.05, 0) is 29.8 Å². The Labute approximate surface area is 111 Å². The van der Waals surface area contributed by atoms with Crippen LogP contribution in [0.3, 0.4) is 0 Å². The molecule has 0 radical (unpaired) electrons. The van der Waals surface area contributed by atoms with Gasteiger partial charge in [0.25, 0.3) is 0 Å². The Morgan fingerprint density at radius 1 is 1.06 bits per heavy atom. The van der Waals surface area contributed by atoms with Crippen LogP contribution in [0.1, 0.15) is 11.3 Å². The van der Waals surface area contributed by atoms with Gasteiger partial charge >= 0.3 is 0 Å². The molecule has 0 bridgehead atoms. The van der Waals surface area contributed by atoms with Crippen molar-refractivity contribution in [1.82, 2.24) is 5.32 Å². The second-order valence-corrected chi connectivity index (χ2v) is 4.40. The molecule has 0 unspecified atom stereocenters. The van der Waals surface area contributed by atoms with Gasteiger partial charge in [0, 0.05) is 11.3 Å². The van der Waals surface area contributed by atoms with Crippen LogP contribution in [-0.2, 0) is 0 Å². The number of hydrogen-bond donors (Lipinski definition) is 1. The second-order valence-electron chi connectivity index (χ2n) is 3.99. The van der Waals surface area contributed by atoms with Crippen LogP contribution in [0.2, 0.25) is 0 Å². The molecular weight excluding hydrogens is 242 g/mol. The molecular formula is C15H11NOS. The highest BCUT2D eigenvalue weighted by atomic mass is 32.1. The van der Waals surface area contributed by atoms with Crippen LogP contribution in [0.4, 0.5) is 0 Å². The fourth-order valence-electron chi connectivity index (χ4n) is 1.86. The SMILES string of the molecule is S=C1NC(c2ccccc2)=C/C1=C\c1ccco1. The molecule has 0 saturated heterocycles. The van der Waals surface area contributed by atoms with Crippen LogP contribution in [0.25, 0.3) is 11.8 Å². The topological polar surface area (TPSA) is 25.2 Å². The zero-order valence-electron chi connectivity index (χ0n) is 9.59. The number of nitrogens with one attached hydrogen (secondary N) is 1. The normalized spacial score (nSPS) is 16.8. The van der Waals surface area contributed by atoms with Crippen molar-refractivity contribution >= 4 is 29.0 Å². The predicted molar refractivity (Wildman–Crippen MR) is 76.8 cm³/mol. The third-order valence-electron chi connectivity index (χ3n) is 2.74. The van der Waals surface area contributed by atoms with Gasteiger partial charge in [0.15, 0.2) is 0 Å². The minimum atomic E-state index is 0.727. The minimum absolute atomic E-state index is 0.727. The van der Waals surface area contributed by atoms with Crippen molar-refractivity contribution in [3.8, 4) is 0 Å². The third-order valence-corrected chi connectivity index (χ3v) is 3.07. The molecule has 2 nitrogen and oxygen atoms in total. The summed E-state index contributed by atoms with van der Waals surface area (Å²) in [6.07, 6.45) is 5.63. The summed E-state index contributed by atoms with van der Waals surface area (Å²) in [7, 11) is 0. The highest BCUT2D eigenvalue weighted by Crippen LogP contribution is 2.22. The molecule has 0 amide bonds. The highest BCUT2D eigenvalue weighted by Gasteiger charge is 2.15. The van der Waals surface area contributed by atoms with E-state index < -0.39 is 0 Å². The summed E-state index contributed by atoms with van der Waals surface area (Å²) < 4.78 is 5.29. The number of benzene rings is 1. The Morgan fingerprint density at radius 2 is 1.89 bits per heavy atom. The van der Waals surface area contributed by atoms with Crippen molar-refractivity contribution in [1.29, 1.82) is 0 Å². The van der Waals surface area contributed by atoms with Gasteiger partial charge in [-0.15, -0.1) is 0 Å². The maximum absolute atomic E-state index is 5.32. The van der Waals surface area contributed by atoms with Crippen LogP contribution in [0, 0.1) is 0 Å². The van der Waals surface area contributed by atoms with Gasteiger partial charge in [-0.1, -0.05) is 42.5 Å². The molecule has 0 fully saturated rings. The third kappa shape index (κ3) is 2.13. The molecule has 2 aromatic rings. The van der Waals surface area contributed by atoms with Gasteiger partial charge in [-0.25, -0.2) is 0 Å². The molecule has 1 aromatic heterocycles. The van der Waals surface area contributed by atoms with E-state index in [1.54, 1.807) is 6.26 Å². The minimum Gasteiger partial charge on any atom is -0.465 e. The van der Waals surface area contributed by atoms with Gasteiger partial charge in [0.05, 0.1) is 6.26 Å². The summed E-state index contributed by atoms with van der Waals surface area (Å²) in [4.78, 5) is 0.727. The maximum Gasteiger partial charge on any atom is 0.127 e. The maximum atomic E-state index is 5.32. The summed E-state index contributed by atoms with van der Waals surface area (Å²) in [6, 6.07) is 13.9. The average Bonchev–Trinajstić information content (AvgIpc) is 3.02. The molecule has 0 atom stereocenters. The van der Waals surface area contributed by atoms with E-state index in [2.05, 4.69) is 17.4 Å². The molecule has 18 heavy (non-hydrogen) atoms. The fraction of sp³-hybridized carbons (Fsp3) is 0. The first-order chi connectivity index (χ1) is 8.83. The van der Waals surface area contributed by atoms with E-state index in [4.69, 9.17) is 16.6 Å². The molecule has 0 aliphatic carbocycles. The van der Waals surface area contributed by atoms with E-state index in [1.807, 2.05) is 42.5 Å². The largest absolute Gasteiger partial charge is 0.465 e. The van der Waals surface area contributed by atoms with E-state index in [0.717, 1.165) is 27.6 Å². The first-order valence-corrected chi connectivity index (χ1v) is 6.07. The van der Waals surface area contributed by atoms with Crippen molar-refractivity contribution in [2.75, 3.05) is 0 Å². The Morgan fingerprint density at radius 3 is 2.61 bits per heavy atom. The Kier molecular flexibility index (Phi) is 2.82. The van der Waals surface area contributed by atoms with Gasteiger partial charge in [-0.3, -0.25) is 0 Å². The molecule has 88 valence electrons. The van der Waals surface area contributed by atoms with E-state index in [1.165, 1.54) is 0 Å². The molecule has 1 aromatic carbocycles. The van der Waals surface area contributed by atoms with Gasteiger partial charge < -0.3 is 9.73 Å². The first-order valence-electron chi connectivity index (χ1n) is 5.66. The molecule has 3 rings (SSSR count). The molecule has 1 N–H and O–H groups in total. The van der Waals surface area contributed by atoms with Crippen LogP contribution >= 0.6 is 12.2 Å². The average molecular weight is 253 g/mol. The van der Waals surface area contributed by atoms with Crippen LogP contribution in [0.5, 0.6) is 0 Å². The monoisotopic (exact) mass is 253 g/mol. The van der Waals surface area contributed by atoms with E-state index >= 15 is 0 Å². The summed E-state index contributed by atoms with van der Waals surface area (Å²) in [6.45, 7) is 0. The quantitative estimate of drug-likeness (QED) is 0.653. The number of rotatable bonds is 2. The van der Waals surface area contributed by atoms with E-state index in [-0.39, 0.29) is 0 Å². The molecule has 0 saturated carbocycles. The van der Waals surface area contributed by atoms with Crippen molar-refractivity contribution in [3.05, 3.63) is 71.7 Å². The lowest BCUT2D eigenvalue weighted by molar-refractivity contribution is 0.557. The lowest BCUT2D eigenvalue weighted by atomic mass is 10.1. The Bertz CT molecular complexity index is 624. The first kappa shape index (κ1) is 11.0. The molecule has 2 heterocycles. The van der Waals surface area contributed by atoms with Gasteiger partial charge in [0.2, 0.25) is 0 Å². The van der Waals surface area contributed by atoms with Crippen LogP contribution in [-0.4, -0.2) is 4.99 Å². The Hall–Kier alpha value is -2.13. The summed E-state index contributed by atoms with van der Waals surface area (Å²) in [5.74, 6) is 0.805. The summed E-state index contributed by atoms with van der Waals surface area (Å²) in [5, 5.41) is 3.22. The highest BCUT2D eigenvalue weighted by molar-refractivity contribution is 7.80. The van der Waals surface area contributed by atoms with Crippen molar-refractivity contribution in [3.63, 3.8) is 0 Å². The number of thiocarbonyl (C=S) groups is 1.